The minimum Gasteiger partial charge on any atom is -0.315 e. The van der Waals surface area contributed by atoms with Crippen LogP contribution in [0.4, 0.5) is 0 Å². The van der Waals surface area contributed by atoms with Gasteiger partial charge in [0.15, 0.2) is 0 Å². The number of hydrogen-bond donors (Lipinski definition) is 1. The van der Waals surface area contributed by atoms with E-state index in [9.17, 15) is 0 Å². The summed E-state index contributed by atoms with van der Waals surface area (Å²) in [4.78, 5) is 1.35. The first-order chi connectivity index (χ1) is 8.64. The molecule has 0 aliphatic rings. The van der Waals surface area contributed by atoms with E-state index in [0.717, 1.165) is 31.1 Å². The second kappa shape index (κ2) is 8.84. The first-order valence-corrected chi connectivity index (χ1v) is 8.11. The smallest absolute Gasteiger partial charge is 0.0223 e. The third-order valence-corrected chi connectivity index (χ3v) is 4.16. The summed E-state index contributed by atoms with van der Waals surface area (Å²) in [5.74, 6) is 1.89. The summed E-state index contributed by atoms with van der Waals surface area (Å²) in [7, 11) is 0. The first kappa shape index (κ1) is 15.9. The van der Waals surface area contributed by atoms with Crippen molar-refractivity contribution in [1.29, 1.82) is 0 Å². The average molecular weight is 286 g/mol. The largest absolute Gasteiger partial charge is 0.315 e. The Morgan fingerprint density at radius 2 is 1.94 bits per heavy atom. The third kappa shape index (κ3) is 7.30. The highest BCUT2D eigenvalue weighted by atomic mass is 35.5. The molecule has 0 saturated carbocycles. The van der Waals surface area contributed by atoms with E-state index in [1.165, 1.54) is 11.3 Å². The minimum atomic E-state index is 0.353. The number of nitrogens with one attached hydrogen (secondary N) is 1. The van der Waals surface area contributed by atoms with E-state index in [-0.39, 0.29) is 0 Å². The van der Waals surface area contributed by atoms with Crippen LogP contribution in [-0.4, -0.2) is 24.7 Å². The summed E-state index contributed by atoms with van der Waals surface area (Å²) in [6.07, 6.45) is 2.30. The van der Waals surface area contributed by atoms with Gasteiger partial charge in [-0.3, -0.25) is 0 Å². The van der Waals surface area contributed by atoms with Crippen molar-refractivity contribution in [3.63, 3.8) is 0 Å². The van der Waals surface area contributed by atoms with Crippen molar-refractivity contribution in [3.8, 4) is 0 Å². The predicted molar refractivity (Wildman–Crippen MR) is 83.8 cm³/mol. The highest BCUT2D eigenvalue weighted by molar-refractivity contribution is 7.99. The van der Waals surface area contributed by atoms with E-state index in [1.54, 1.807) is 0 Å². The third-order valence-electron chi connectivity index (χ3n) is 2.88. The van der Waals surface area contributed by atoms with Crippen molar-refractivity contribution >= 4 is 23.4 Å². The molecule has 0 spiro atoms. The van der Waals surface area contributed by atoms with E-state index < -0.39 is 0 Å². The highest BCUT2D eigenvalue weighted by Gasteiger charge is 2.16. The summed E-state index contributed by atoms with van der Waals surface area (Å²) in [5, 5.41) is 3.54. The molecule has 0 amide bonds. The molecule has 1 nitrogen and oxygen atoms in total. The molecule has 0 atom stereocenters. The van der Waals surface area contributed by atoms with Crippen LogP contribution in [0.1, 0.15) is 26.7 Å². The van der Waals surface area contributed by atoms with Crippen molar-refractivity contribution in [2.45, 2.75) is 31.6 Å². The molecule has 1 rings (SSSR count). The van der Waals surface area contributed by atoms with E-state index in [2.05, 4.69) is 49.5 Å². The van der Waals surface area contributed by atoms with Crippen LogP contribution in [0.5, 0.6) is 0 Å². The van der Waals surface area contributed by atoms with Crippen molar-refractivity contribution in [3.05, 3.63) is 30.3 Å². The van der Waals surface area contributed by atoms with Gasteiger partial charge in [-0.2, -0.15) is 0 Å². The number of thioether (sulfide) groups is 1. The van der Waals surface area contributed by atoms with Gasteiger partial charge in [-0.25, -0.2) is 0 Å². The van der Waals surface area contributed by atoms with Crippen molar-refractivity contribution in [2.75, 3.05) is 24.7 Å². The fraction of sp³-hybridized carbons (Fsp3) is 0.600. The van der Waals surface area contributed by atoms with Crippen molar-refractivity contribution in [1.82, 2.24) is 5.32 Å². The van der Waals surface area contributed by atoms with Crippen LogP contribution in [0, 0.1) is 5.41 Å². The highest BCUT2D eigenvalue weighted by Crippen LogP contribution is 2.21. The van der Waals surface area contributed by atoms with Crippen LogP contribution >= 0.6 is 23.4 Å². The van der Waals surface area contributed by atoms with Gasteiger partial charge in [0.05, 0.1) is 0 Å². The number of rotatable bonds is 9. The summed E-state index contributed by atoms with van der Waals surface area (Å²) >= 11 is 7.64. The molecular weight excluding hydrogens is 262 g/mol. The molecular formula is C15H24ClNS. The molecule has 3 heteroatoms. The number of alkyl halides is 1. The van der Waals surface area contributed by atoms with E-state index in [1.807, 2.05) is 11.8 Å². The zero-order chi connectivity index (χ0) is 13.3. The maximum Gasteiger partial charge on any atom is 0.0223 e. The predicted octanol–water partition coefficient (Wildman–Crippen LogP) is 4.41. The van der Waals surface area contributed by atoms with Gasteiger partial charge in [0.25, 0.3) is 0 Å². The molecule has 102 valence electrons. The number of hydrogen-bond acceptors (Lipinski definition) is 2. The second-order valence-corrected chi connectivity index (χ2v) is 6.84. The van der Waals surface area contributed by atoms with Crippen LogP contribution in [0.3, 0.4) is 0 Å². The van der Waals surface area contributed by atoms with Gasteiger partial charge in [0.1, 0.15) is 0 Å². The molecule has 0 aliphatic carbocycles. The van der Waals surface area contributed by atoms with Gasteiger partial charge in [-0.05, 0) is 30.4 Å². The normalized spacial score (nSPS) is 11.7. The molecule has 1 aromatic rings. The molecule has 0 radical (unpaired) electrons. The molecule has 0 unspecified atom stereocenters. The molecule has 1 N–H and O–H groups in total. The lowest BCUT2D eigenvalue weighted by Gasteiger charge is -2.24. The molecule has 1 aromatic carbocycles. The fourth-order valence-electron chi connectivity index (χ4n) is 1.82. The summed E-state index contributed by atoms with van der Waals surface area (Å²) < 4.78 is 0. The van der Waals surface area contributed by atoms with Crippen LogP contribution < -0.4 is 5.32 Å². The Labute approximate surface area is 121 Å². The van der Waals surface area contributed by atoms with E-state index in [0.29, 0.717) is 5.41 Å². The van der Waals surface area contributed by atoms with Crippen LogP contribution in [0.2, 0.25) is 0 Å². The molecule has 0 aliphatic heterocycles. The van der Waals surface area contributed by atoms with Crippen molar-refractivity contribution < 1.29 is 0 Å². The average Bonchev–Trinajstić information content (AvgIpc) is 2.37. The van der Waals surface area contributed by atoms with Gasteiger partial charge >= 0.3 is 0 Å². The Morgan fingerprint density at radius 1 is 1.22 bits per heavy atom. The standard InChI is InChI=1S/C15H24ClNS/c1-15(2,9-6-10-16)13-17-11-12-18-14-7-4-3-5-8-14/h3-5,7-8,17H,6,9-13H2,1-2H3. The minimum absolute atomic E-state index is 0.353. The Kier molecular flexibility index (Phi) is 7.80. The van der Waals surface area contributed by atoms with Crippen molar-refractivity contribution in [2.24, 2.45) is 5.41 Å². The Hall–Kier alpha value is -0.180. The van der Waals surface area contributed by atoms with Gasteiger partial charge < -0.3 is 5.32 Å². The summed E-state index contributed by atoms with van der Waals surface area (Å²) in [6, 6.07) is 10.6. The first-order valence-electron chi connectivity index (χ1n) is 6.58. The molecule has 0 fully saturated rings. The Morgan fingerprint density at radius 3 is 2.61 bits per heavy atom. The van der Waals surface area contributed by atoms with Crippen LogP contribution in [0.25, 0.3) is 0 Å². The molecule has 0 saturated heterocycles. The van der Waals surface area contributed by atoms with E-state index in [4.69, 9.17) is 11.6 Å². The summed E-state index contributed by atoms with van der Waals surface area (Å²) in [6.45, 7) is 6.73. The van der Waals surface area contributed by atoms with Gasteiger partial charge in [-0.15, -0.1) is 23.4 Å². The molecule has 0 bridgehead atoms. The van der Waals surface area contributed by atoms with Gasteiger partial charge in [-0.1, -0.05) is 32.0 Å². The second-order valence-electron chi connectivity index (χ2n) is 5.30. The monoisotopic (exact) mass is 285 g/mol. The SMILES string of the molecule is CC(C)(CCCCl)CNCCSc1ccccc1. The number of benzene rings is 1. The Balaban J connectivity index is 2.08. The maximum atomic E-state index is 5.74. The Bertz CT molecular complexity index is 314. The maximum absolute atomic E-state index is 5.74. The molecule has 18 heavy (non-hydrogen) atoms. The van der Waals surface area contributed by atoms with Gasteiger partial charge in [0, 0.05) is 29.6 Å². The lowest BCUT2D eigenvalue weighted by Crippen LogP contribution is -2.30. The molecule has 0 aromatic heterocycles. The lowest BCUT2D eigenvalue weighted by molar-refractivity contribution is 0.315. The quantitative estimate of drug-likeness (QED) is 0.410. The zero-order valence-corrected chi connectivity index (χ0v) is 13.0. The fourth-order valence-corrected chi connectivity index (χ4v) is 2.78. The van der Waals surface area contributed by atoms with Gasteiger partial charge in [0.2, 0.25) is 0 Å². The number of halogens is 1. The van der Waals surface area contributed by atoms with Crippen LogP contribution in [-0.2, 0) is 0 Å². The summed E-state index contributed by atoms with van der Waals surface area (Å²) in [5.41, 5.74) is 0.353. The van der Waals surface area contributed by atoms with Crippen LogP contribution in [0.15, 0.2) is 35.2 Å². The lowest BCUT2D eigenvalue weighted by atomic mass is 9.88. The topological polar surface area (TPSA) is 12.0 Å². The zero-order valence-electron chi connectivity index (χ0n) is 11.4. The van der Waals surface area contributed by atoms with E-state index >= 15 is 0 Å². The molecule has 0 heterocycles.